The molecule has 3 aromatic rings. The Kier molecular flexibility index (Phi) is 4.94. The summed E-state index contributed by atoms with van der Waals surface area (Å²) in [6.07, 6.45) is 0. The highest BCUT2D eigenvalue weighted by molar-refractivity contribution is 6.03. The van der Waals surface area contributed by atoms with Crippen LogP contribution in [0.15, 0.2) is 42.5 Å². The number of carbonyl (C=O) groups excluding carboxylic acids is 1. The van der Waals surface area contributed by atoms with E-state index in [2.05, 4.69) is 20.6 Å². The minimum absolute atomic E-state index is 0.0339. The highest BCUT2D eigenvalue weighted by Crippen LogP contribution is 2.32. The van der Waals surface area contributed by atoms with Gasteiger partial charge < -0.3 is 20.1 Å². The SMILES string of the molecule is Cc1nc(Nc2c(F)cccc2F)cc(C(=O)Nc2ccc3c(c2)OCCO3)n1. The van der Waals surface area contributed by atoms with Gasteiger partial charge in [0.1, 0.15) is 47.9 Å². The van der Waals surface area contributed by atoms with Gasteiger partial charge in [0.25, 0.3) is 5.91 Å². The second-order valence-electron chi connectivity index (χ2n) is 6.22. The number of nitrogens with one attached hydrogen (secondary N) is 2. The van der Waals surface area contributed by atoms with Gasteiger partial charge >= 0.3 is 0 Å². The summed E-state index contributed by atoms with van der Waals surface area (Å²) in [6.45, 7) is 2.47. The van der Waals surface area contributed by atoms with Crippen molar-refractivity contribution < 1.29 is 23.0 Å². The molecule has 1 aliphatic rings. The van der Waals surface area contributed by atoms with Gasteiger partial charge in [-0.05, 0) is 31.2 Å². The van der Waals surface area contributed by atoms with E-state index in [9.17, 15) is 13.6 Å². The Morgan fingerprint density at radius 2 is 1.72 bits per heavy atom. The van der Waals surface area contributed by atoms with Crippen molar-refractivity contribution in [1.29, 1.82) is 0 Å². The molecular weight excluding hydrogens is 382 g/mol. The van der Waals surface area contributed by atoms with Gasteiger partial charge in [0, 0.05) is 17.8 Å². The molecule has 0 saturated carbocycles. The van der Waals surface area contributed by atoms with Gasteiger partial charge in [-0.3, -0.25) is 4.79 Å². The molecule has 148 valence electrons. The average Bonchev–Trinajstić information content (AvgIpc) is 2.70. The molecule has 1 amide bonds. The molecule has 2 N–H and O–H groups in total. The lowest BCUT2D eigenvalue weighted by Gasteiger charge is -2.19. The Bertz CT molecular complexity index is 1070. The number of rotatable bonds is 4. The first kappa shape index (κ1) is 18.6. The third kappa shape index (κ3) is 4.08. The largest absolute Gasteiger partial charge is 0.486 e. The van der Waals surface area contributed by atoms with E-state index in [1.165, 1.54) is 12.1 Å². The number of nitrogens with zero attached hydrogens (tertiary/aromatic N) is 2. The Labute approximate surface area is 164 Å². The zero-order valence-corrected chi connectivity index (χ0v) is 15.3. The normalized spacial score (nSPS) is 12.4. The molecule has 7 nitrogen and oxygen atoms in total. The predicted octanol–water partition coefficient (Wildman–Crippen LogP) is 3.83. The van der Waals surface area contributed by atoms with E-state index in [-0.39, 0.29) is 23.0 Å². The molecule has 1 aromatic heterocycles. The van der Waals surface area contributed by atoms with Gasteiger partial charge in [-0.25, -0.2) is 18.7 Å². The van der Waals surface area contributed by atoms with Crippen molar-refractivity contribution in [3.8, 4) is 11.5 Å². The van der Waals surface area contributed by atoms with E-state index < -0.39 is 17.5 Å². The van der Waals surface area contributed by atoms with E-state index in [1.54, 1.807) is 25.1 Å². The summed E-state index contributed by atoms with van der Waals surface area (Å²) in [5.74, 6) is -0.569. The number of ether oxygens (including phenoxy) is 2. The number of benzene rings is 2. The number of fused-ring (bicyclic) bond motifs is 1. The number of carbonyl (C=O) groups is 1. The van der Waals surface area contributed by atoms with Gasteiger partial charge in [0.2, 0.25) is 0 Å². The standard InChI is InChI=1S/C20H16F2N4O3/c1-11-23-15(10-18(24-11)26-19-13(21)3-2-4-14(19)22)20(27)25-12-5-6-16-17(9-12)29-8-7-28-16/h2-6,9-10H,7-8H2,1H3,(H,25,27)(H,23,24,26). The maximum absolute atomic E-state index is 13.9. The number of para-hydroxylation sites is 1. The Morgan fingerprint density at radius 1 is 1.00 bits per heavy atom. The first-order valence-electron chi connectivity index (χ1n) is 8.77. The van der Waals surface area contributed by atoms with Gasteiger partial charge in [-0.15, -0.1) is 0 Å². The fraction of sp³-hybridized carbons (Fsp3) is 0.150. The first-order valence-corrected chi connectivity index (χ1v) is 8.77. The average molecular weight is 398 g/mol. The third-order valence-electron chi connectivity index (χ3n) is 4.09. The number of aryl methyl sites for hydroxylation is 1. The summed E-state index contributed by atoms with van der Waals surface area (Å²) in [6, 6.07) is 9.83. The van der Waals surface area contributed by atoms with Crippen LogP contribution in [-0.2, 0) is 0 Å². The lowest BCUT2D eigenvalue weighted by atomic mass is 10.2. The summed E-state index contributed by atoms with van der Waals surface area (Å²) in [4.78, 5) is 20.8. The molecule has 0 bridgehead atoms. The van der Waals surface area contributed by atoms with Crippen LogP contribution in [0.2, 0.25) is 0 Å². The minimum Gasteiger partial charge on any atom is -0.486 e. The number of anilines is 3. The molecule has 0 saturated heterocycles. The summed E-state index contributed by atoms with van der Waals surface area (Å²) >= 11 is 0. The molecule has 4 rings (SSSR count). The molecule has 29 heavy (non-hydrogen) atoms. The molecule has 1 aliphatic heterocycles. The monoisotopic (exact) mass is 398 g/mol. The zero-order valence-electron chi connectivity index (χ0n) is 15.3. The van der Waals surface area contributed by atoms with Crippen LogP contribution < -0.4 is 20.1 Å². The van der Waals surface area contributed by atoms with Crippen molar-refractivity contribution in [2.75, 3.05) is 23.8 Å². The quantitative estimate of drug-likeness (QED) is 0.695. The second kappa shape index (κ2) is 7.70. The molecular formula is C20H16F2N4O3. The van der Waals surface area contributed by atoms with Crippen LogP contribution in [0.4, 0.5) is 26.0 Å². The molecule has 9 heteroatoms. The molecule has 0 radical (unpaired) electrons. The Balaban J connectivity index is 1.56. The highest BCUT2D eigenvalue weighted by Gasteiger charge is 2.16. The maximum atomic E-state index is 13.9. The highest BCUT2D eigenvalue weighted by atomic mass is 19.1. The van der Waals surface area contributed by atoms with Crippen LogP contribution >= 0.6 is 0 Å². The molecule has 2 aromatic carbocycles. The van der Waals surface area contributed by atoms with Gasteiger partial charge in [-0.2, -0.15) is 0 Å². The van der Waals surface area contributed by atoms with Crippen LogP contribution in [0, 0.1) is 18.6 Å². The first-order chi connectivity index (χ1) is 14.0. The second-order valence-corrected chi connectivity index (χ2v) is 6.22. The Morgan fingerprint density at radius 3 is 2.48 bits per heavy atom. The Hall–Kier alpha value is -3.75. The molecule has 0 spiro atoms. The van der Waals surface area contributed by atoms with Crippen molar-refractivity contribution in [2.45, 2.75) is 6.92 Å². The lowest BCUT2D eigenvalue weighted by molar-refractivity contribution is 0.102. The fourth-order valence-electron chi connectivity index (χ4n) is 2.81. The summed E-state index contributed by atoms with van der Waals surface area (Å²) in [5, 5.41) is 5.27. The maximum Gasteiger partial charge on any atom is 0.274 e. The number of amides is 1. The van der Waals surface area contributed by atoms with Crippen LogP contribution in [0.1, 0.15) is 16.3 Å². The van der Waals surface area contributed by atoms with E-state index in [0.717, 1.165) is 12.1 Å². The van der Waals surface area contributed by atoms with E-state index in [4.69, 9.17) is 9.47 Å². The smallest absolute Gasteiger partial charge is 0.274 e. The van der Waals surface area contributed by atoms with Crippen LogP contribution in [0.25, 0.3) is 0 Å². The number of hydrogen-bond donors (Lipinski definition) is 2. The molecule has 0 unspecified atom stereocenters. The minimum atomic E-state index is -0.774. The van der Waals surface area contributed by atoms with Crippen molar-refractivity contribution >= 4 is 23.1 Å². The summed E-state index contributed by atoms with van der Waals surface area (Å²) in [7, 11) is 0. The van der Waals surface area contributed by atoms with E-state index in [1.807, 2.05) is 0 Å². The van der Waals surface area contributed by atoms with Gasteiger partial charge in [0.15, 0.2) is 11.5 Å². The lowest BCUT2D eigenvalue weighted by Crippen LogP contribution is -2.17. The van der Waals surface area contributed by atoms with Crippen molar-refractivity contribution in [2.24, 2.45) is 0 Å². The van der Waals surface area contributed by atoms with Crippen LogP contribution in [0.3, 0.4) is 0 Å². The summed E-state index contributed by atoms with van der Waals surface area (Å²) in [5.41, 5.74) is 0.167. The number of hydrogen-bond acceptors (Lipinski definition) is 6. The number of aromatic nitrogens is 2. The van der Waals surface area contributed by atoms with Crippen molar-refractivity contribution in [1.82, 2.24) is 9.97 Å². The number of halogens is 2. The zero-order chi connectivity index (χ0) is 20.4. The van der Waals surface area contributed by atoms with Crippen LogP contribution in [0.5, 0.6) is 11.5 Å². The summed E-state index contributed by atoms with van der Waals surface area (Å²) < 4.78 is 38.7. The van der Waals surface area contributed by atoms with E-state index in [0.29, 0.717) is 30.4 Å². The van der Waals surface area contributed by atoms with Crippen molar-refractivity contribution in [3.05, 3.63) is 65.6 Å². The third-order valence-corrected chi connectivity index (χ3v) is 4.09. The van der Waals surface area contributed by atoms with Crippen LogP contribution in [-0.4, -0.2) is 29.1 Å². The topological polar surface area (TPSA) is 85.4 Å². The molecule has 0 atom stereocenters. The molecule has 2 heterocycles. The van der Waals surface area contributed by atoms with E-state index >= 15 is 0 Å². The predicted molar refractivity (Wildman–Crippen MR) is 102 cm³/mol. The fourth-order valence-corrected chi connectivity index (χ4v) is 2.81. The van der Waals surface area contributed by atoms with Gasteiger partial charge in [-0.1, -0.05) is 6.07 Å². The molecule has 0 aliphatic carbocycles. The molecule has 0 fully saturated rings. The van der Waals surface area contributed by atoms with Crippen molar-refractivity contribution in [3.63, 3.8) is 0 Å². The van der Waals surface area contributed by atoms with Gasteiger partial charge in [0.05, 0.1) is 0 Å².